The molecule has 10 heteroatoms. The zero-order valence-electron chi connectivity index (χ0n) is 14.4. The number of rotatable bonds is 7. The van der Waals surface area contributed by atoms with Crippen molar-refractivity contribution < 1.29 is 18.7 Å². The molecule has 0 aliphatic heterocycles. The molecule has 0 aliphatic rings. The number of aromatic nitrogens is 3. The van der Waals surface area contributed by atoms with Crippen molar-refractivity contribution in [1.29, 1.82) is 0 Å². The molecule has 3 rings (SSSR count). The van der Waals surface area contributed by atoms with Gasteiger partial charge in [0.1, 0.15) is 11.6 Å². The molecule has 0 amide bonds. The highest BCUT2D eigenvalue weighted by molar-refractivity contribution is 9.10. The van der Waals surface area contributed by atoms with Crippen LogP contribution in [-0.2, 0) is 16.1 Å². The number of nitrogens with two attached hydrogens (primary N) is 1. The third-order valence-corrected chi connectivity index (χ3v) is 3.86. The minimum Gasteiger partial charge on any atom is -0.482 e. The quantitative estimate of drug-likeness (QED) is 0.530. The van der Waals surface area contributed by atoms with E-state index in [-0.39, 0.29) is 36.8 Å². The Hall–Kier alpha value is -3.27. The van der Waals surface area contributed by atoms with Crippen molar-refractivity contribution in [2.75, 3.05) is 17.7 Å². The van der Waals surface area contributed by atoms with Crippen LogP contribution in [0, 0.1) is 5.82 Å². The van der Waals surface area contributed by atoms with Gasteiger partial charge in [0, 0.05) is 10.2 Å². The van der Waals surface area contributed by atoms with E-state index in [1.807, 2.05) is 0 Å². The first kappa shape index (κ1) is 19.5. The van der Waals surface area contributed by atoms with E-state index < -0.39 is 5.97 Å². The summed E-state index contributed by atoms with van der Waals surface area (Å²) in [5.41, 5.74) is 6.23. The number of nitrogens with one attached hydrogen (secondary N) is 1. The van der Waals surface area contributed by atoms with Crippen molar-refractivity contribution in [3.8, 4) is 5.75 Å². The third-order valence-electron chi connectivity index (χ3n) is 3.33. The Bertz CT molecular complexity index is 954. The fourth-order valence-corrected chi connectivity index (χ4v) is 2.34. The third kappa shape index (κ3) is 5.88. The van der Waals surface area contributed by atoms with Crippen molar-refractivity contribution in [3.05, 3.63) is 64.6 Å². The van der Waals surface area contributed by atoms with Gasteiger partial charge in [0.15, 0.2) is 19.0 Å². The second kappa shape index (κ2) is 9.09. The zero-order chi connectivity index (χ0) is 19.9. The van der Waals surface area contributed by atoms with E-state index >= 15 is 0 Å². The van der Waals surface area contributed by atoms with Crippen LogP contribution in [0.3, 0.4) is 0 Å². The molecule has 8 nitrogen and oxygen atoms in total. The molecule has 0 bridgehead atoms. The van der Waals surface area contributed by atoms with Crippen LogP contribution in [0.15, 0.2) is 53.0 Å². The van der Waals surface area contributed by atoms with Crippen molar-refractivity contribution in [3.63, 3.8) is 0 Å². The molecule has 2 aromatic carbocycles. The van der Waals surface area contributed by atoms with Crippen molar-refractivity contribution in [2.24, 2.45) is 0 Å². The summed E-state index contributed by atoms with van der Waals surface area (Å²) in [6, 6.07) is 12.7. The molecular weight excluding hydrogens is 433 g/mol. The number of hydrogen-bond acceptors (Lipinski definition) is 8. The molecule has 1 heterocycles. The molecule has 0 saturated heterocycles. The van der Waals surface area contributed by atoms with Gasteiger partial charge in [-0.05, 0) is 48.5 Å². The van der Waals surface area contributed by atoms with Crippen molar-refractivity contribution in [1.82, 2.24) is 15.0 Å². The zero-order valence-corrected chi connectivity index (χ0v) is 16.0. The van der Waals surface area contributed by atoms with Crippen LogP contribution in [0.4, 0.5) is 22.0 Å². The van der Waals surface area contributed by atoms with Gasteiger partial charge in [-0.15, -0.1) is 0 Å². The molecule has 0 fully saturated rings. The lowest BCUT2D eigenvalue weighted by molar-refractivity contribution is -0.147. The summed E-state index contributed by atoms with van der Waals surface area (Å²) in [4.78, 5) is 23.8. The van der Waals surface area contributed by atoms with Crippen LogP contribution in [0.1, 0.15) is 5.82 Å². The number of benzene rings is 2. The largest absolute Gasteiger partial charge is 0.482 e. The van der Waals surface area contributed by atoms with E-state index in [2.05, 4.69) is 36.2 Å². The van der Waals surface area contributed by atoms with E-state index in [1.165, 1.54) is 24.3 Å². The Morgan fingerprint density at radius 3 is 2.50 bits per heavy atom. The van der Waals surface area contributed by atoms with Crippen molar-refractivity contribution >= 4 is 39.5 Å². The maximum atomic E-state index is 13.0. The fourth-order valence-electron chi connectivity index (χ4n) is 2.08. The topological polar surface area (TPSA) is 112 Å². The van der Waals surface area contributed by atoms with Gasteiger partial charge >= 0.3 is 5.97 Å². The molecule has 3 aromatic rings. The highest BCUT2D eigenvalue weighted by atomic mass is 79.9. The molecule has 0 unspecified atom stereocenters. The number of halogens is 2. The fraction of sp³-hybridized carbons (Fsp3) is 0.111. The van der Waals surface area contributed by atoms with E-state index in [1.54, 1.807) is 24.3 Å². The molecule has 28 heavy (non-hydrogen) atoms. The second-order valence-electron chi connectivity index (χ2n) is 5.47. The predicted molar refractivity (Wildman–Crippen MR) is 103 cm³/mol. The average Bonchev–Trinajstić information content (AvgIpc) is 2.67. The number of carbonyl (C=O) groups excluding carboxylic acids is 1. The second-order valence-corrected chi connectivity index (χ2v) is 6.38. The molecule has 0 spiro atoms. The van der Waals surface area contributed by atoms with Crippen molar-refractivity contribution in [2.45, 2.75) is 6.61 Å². The SMILES string of the molecule is Nc1nc(COC(=O)COc2ccc(Br)cc2)nc(Nc2ccc(F)cc2)n1. The average molecular weight is 448 g/mol. The van der Waals surface area contributed by atoms with Gasteiger partial charge in [0.2, 0.25) is 11.9 Å². The summed E-state index contributed by atoms with van der Waals surface area (Å²) < 4.78 is 24.3. The summed E-state index contributed by atoms with van der Waals surface area (Å²) in [5.74, 6) is -0.147. The number of carbonyl (C=O) groups is 1. The van der Waals surface area contributed by atoms with Gasteiger partial charge < -0.3 is 20.5 Å². The van der Waals surface area contributed by atoms with E-state index in [4.69, 9.17) is 15.2 Å². The van der Waals surface area contributed by atoms with Gasteiger partial charge in [0.05, 0.1) is 0 Å². The number of hydrogen-bond donors (Lipinski definition) is 2. The van der Waals surface area contributed by atoms with Gasteiger partial charge in [-0.25, -0.2) is 9.18 Å². The Morgan fingerprint density at radius 1 is 1.07 bits per heavy atom. The van der Waals surface area contributed by atoms with Crippen LogP contribution in [0.25, 0.3) is 0 Å². The predicted octanol–water partition coefficient (Wildman–Crippen LogP) is 3.22. The lowest BCUT2D eigenvalue weighted by Gasteiger charge is -2.09. The van der Waals surface area contributed by atoms with Gasteiger partial charge in [-0.1, -0.05) is 15.9 Å². The summed E-state index contributed by atoms with van der Waals surface area (Å²) in [5, 5.41) is 2.87. The van der Waals surface area contributed by atoms with Gasteiger partial charge in [0.25, 0.3) is 0 Å². The Kier molecular flexibility index (Phi) is 6.33. The summed E-state index contributed by atoms with van der Waals surface area (Å²) in [6.45, 7) is -0.462. The lowest BCUT2D eigenvalue weighted by atomic mass is 10.3. The lowest BCUT2D eigenvalue weighted by Crippen LogP contribution is -2.16. The van der Waals surface area contributed by atoms with Crippen LogP contribution >= 0.6 is 15.9 Å². The molecule has 144 valence electrons. The first-order chi connectivity index (χ1) is 13.5. The van der Waals surface area contributed by atoms with E-state index in [0.29, 0.717) is 11.4 Å². The molecule has 0 aliphatic carbocycles. The highest BCUT2D eigenvalue weighted by Crippen LogP contribution is 2.16. The summed E-state index contributed by atoms with van der Waals surface area (Å²) >= 11 is 3.31. The minimum absolute atomic E-state index is 0.0447. The van der Waals surface area contributed by atoms with E-state index in [9.17, 15) is 9.18 Å². The number of nitrogens with zero attached hydrogens (tertiary/aromatic N) is 3. The standard InChI is InChI=1S/C18H15BrFN5O3/c19-11-1-7-14(8-2-11)27-10-16(26)28-9-15-23-17(21)25-18(24-15)22-13-5-3-12(20)4-6-13/h1-8H,9-10H2,(H3,21,22,23,24,25). The molecule has 0 saturated carbocycles. The number of anilines is 3. The first-order valence-corrected chi connectivity index (χ1v) is 8.84. The van der Waals surface area contributed by atoms with Crippen LogP contribution in [0.5, 0.6) is 5.75 Å². The molecular formula is C18H15BrFN5O3. The number of esters is 1. The first-order valence-electron chi connectivity index (χ1n) is 8.05. The smallest absolute Gasteiger partial charge is 0.344 e. The monoisotopic (exact) mass is 447 g/mol. The van der Waals surface area contributed by atoms with Crippen LogP contribution in [-0.4, -0.2) is 27.5 Å². The maximum absolute atomic E-state index is 13.0. The molecule has 0 radical (unpaired) electrons. The van der Waals surface area contributed by atoms with Gasteiger partial charge in [-0.3, -0.25) is 0 Å². The Labute approximate surface area is 168 Å². The Morgan fingerprint density at radius 2 is 1.79 bits per heavy atom. The minimum atomic E-state index is -0.588. The van der Waals surface area contributed by atoms with Crippen LogP contribution < -0.4 is 15.8 Å². The molecule has 1 aromatic heterocycles. The summed E-state index contributed by atoms with van der Waals surface area (Å²) in [6.07, 6.45) is 0. The number of nitrogen functional groups attached to an aromatic ring is 1. The highest BCUT2D eigenvalue weighted by Gasteiger charge is 2.10. The normalized spacial score (nSPS) is 10.4. The number of ether oxygens (including phenoxy) is 2. The maximum Gasteiger partial charge on any atom is 0.344 e. The molecule has 3 N–H and O–H groups in total. The Balaban J connectivity index is 1.54. The van der Waals surface area contributed by atoms with Crippen LogP contribution in [0.2, 0.25) is 0 Å². The summed E-state index contributed by atoms with van der Waals surface area (Å²) in [7, 11) is 0. The van der Waals surface area contributed by atoms with E-state index in [0.717, 1.165) is 4.47 Å². The van der Waals surface area contributed by atoms with Gasteiger partial charge in [-0.2, -0.15) is 15.0 Å². The molecule has 0 atom stereocenters.